The molecule has 2 amide bonds. The molecule has 2 fully saturated rings. The summed E-state index contributed by atoms with van der Waals surface area (Å²) < 4.78 is 0. The van der Waals surface area contributed by atoms with Gasteiger partial charge in [0.15, 0.2) is 0 Å². The van der Waals surface area contributed by atoms with E-state index in [1.54, 1.807) is 0 Å². The van der Waals surface area contributed by atoms with Crippen molar-refractivity contribution < 1.29 is 9.59 Å². The van der Waals surface area contributed by atoms with E-state index in [0.717, 1.165) is 12.0 Å². The molecule has 1 saturated carbocycles. The van der Waals surface area contributed by atoms with E-state index in [9.17, 15) is 9.59 Å². The largest absolute Gasteiger partial charge is 0.349 e. The van der Waals surface area contributed by atoms with E-state index in [2.05, 4.69) is 12.2 Å². The van der Waals surface area contributed by atoms with Gasteiger partial charge in [-0.25, -0.2) is 0 Å². The lowest BCUT2D eigenvalue weighted by molar-refractivity contribution is -0.128. The monoisotopic (exact) mass is 287 g/mol. The van der Waals surface area contributed by atoms with Gasteiger partial charge in [0.25, 0.3) is 0 Å². The molecule has 21 heavy (non-hydrogen) atoms. The highest BCUT2D eigenvalue weighted by Gasteiger charge is 2.45. The molecule has 0 radical (unpaired) electrons. The van der Waals surface area contributed by atoms with Gasteiger partial charge in [-0.2, -0.15) is 0 Å². The summed E-state index contributed by atoms with van der Waals surface area (Å²) in [4.78, 5) is 26.1. The Morgan fingerprint density at radius 3 is 2.67 bits per heavy atom. The van der Waals surface area contributed by atoms with Gasteiger partial charge in [-0.15, -0.1) is 0 Å². The summed E-state index contributed by atoms with van der Waals surface area (Å²) in [6.07, 6.45) is 1.46. The number of amides is 2. The Labute approximate surface area is 124 Å². The van der Waals surface area contributed by atoms with Crippen LogP contribution < -0.4 is 11.1 Å². The molecule has 1 saturated heterocycles. The second-order valence-electron chi connectivity index (χ2n) is 6.12. The smallest absolute Gasteiger partial charge is 0.241 e. The van der Waals surface area contributed by atoms with Crippen LogP contribution in [0.2, 0.25) is 0 Å². The maximum atomic E-state index is 12.2. The number of rotatable bonds is 4. The molecule has 112 valence electrons. The van der Waals surface area contributed by atoms with Gasteiger partial charge in [-0.1, -0.05) is 37.3 Å². The molecule has 3 N–H and O–H groups in total. The van der Waals surface area contributed by atoms with Crippen LogP contribution in [0.1, 0.15) is 31.4 Å². The number of hydrogen-bond donors (Lipinski definition) is 2. The number of nitrogens with zero attached hydrogens (tertiary/aromatic N) is 1. The molecule has 1 aromatic rings. The summed E-state index contributed by atoms with van der Waals surface area (Å²) in [7, 11) is 0. The van der Waals surface area contributed by atoms with Crippen LogP contribution in [-0.2, 0) is 9.59 Å². The molecule has 3 rings (SSSR count). The minimum Gasteiger partial charge on any atom is -0.349 e. The van der Waals surface area contributed by atoms with Crippen molar-refractivity contribution in [3.8, 4) is 0 Å². The quantitative estimate of drug-likeness (QED) is 0.860. The van der Waals surface area contributed by atoms with Gasteiger partial charge in [-0.05, 0) is 17.9 Å². The van der Waals surface area contributed by atoms with E-state index in [4.69, 9.17) is 5.73 Å². The summed E-state index contributed by atoms with van der Waals surface area (Å²) >= 11 is 0. The Kier molecular flexibility index (Phi) is 3.68. The van der Waals surface area contributed by atoms with Crippen molar-refractivity contribution in [2.45, 2.75) is 37.9 Å². The van der Waals surface area contributed by atoms with Crippen molar-refractivity contribution in [2.75, 3.05) is 6.54 Å². The molecule has 4 atom stereocenters. The lowest BCUT2D eigenvalue weighted by Gasteiger charge is -2.18. The fourth-order valence-electron chi connectivity index (χ4n) is 2.99. The van der Waals surface area contributed by atoms with Gasteiger partial charge < -0.3 is 16.0 Å². The van der Waals surface area contributed by atoms with Gasteiger partial charge in [0.2, 0.25) is 11.8 Å². The van der Waals surface area contributed by atoms with Crippen LogP contribution in [0.3, 0.4) is 0 Å². The molecular formula is C16H21N3O2. The third kappa shape index (κ3) is 2.93. The van der Waals surface area contributed by atoms with Crippen molar-refractivity contribution in [1.29, 1.82) is 0 Å². The summed E-state index contributed by atoms with van der Waals surface area (Å²) in [5.41, 5.74) is 6.75. The Morgan fingerprint density at radius 2 is 2.05 bits per heavy atom. The van der Waals surface area contributed by atoms with Crippen molar-refractivity contribution in [3.63, 3.8) is 0 Å². The highest BCUT2D eigenvalue weighted by atomic mass is 16.2. The van der Waals surface area contributed by atoms with Gasteiger partial charge >= 0.3 is 0 Å². The van der Waals surface area contributed by atoms with Crippen molar-refractivity contribution >= 4 is 11.8 Å². The molecule has 0 spiro atoms. The minimum atomic E-state index is -0.685. The van der Waals surface area contributed by atoms with Crippen LogP contribution in [0.15, 0.2) is 30.3 Å². The minimum absolute atomic E-state index is 0.118. The van der Waals surface area contributed by atoms with E-state index >= 15 is 0 Å². The van der Waals surface area contributed by atoms with Gasteiger partial charge in [0.05, 0.1) is 6.04 Å². The maximum Gasteiger partial charge on any atom is 0.241 e. The maximum absolute atomic E-state index is 12.2. The highest BCUT2D eigenvalue weighted by molar-refractivity contribution is 5.85. The topological polar surface area (TPSA) is 75.4 Å². The Bertz CT molecular complexity index is 546. The van der Waals surface area contributed by atoms with Crippen molar-refractivity contribution in [2.24, 2.45) is 11.7 Å². The molecule has 1 aromatic carbocycles. The van der Waals surface area contributed by atoms with Crippen molar-refractivity contribution in [1.82, 2.24) is 10.2 Å². The molecule has 2 aliphatic rings. The first-order valence-corrected chi connectivity index (χ1v) is 7.46. The van der Waals surface area contributed by atoms with Crippen molar-refractivity contribution in [3.05, 3.63) is 35.9 Å². The fraction of sp³-hybridized carbons (Fsp3) is 0.500. The number of nitrogens with two attached hydrogens (primary N) is 1. The van der Waals surface area contributed by atoms with E-state index in [0.29, 0.717) is 24.9 Å². The summed E-state index contributed by atoms with van der Waals surface area (Å²) in [6.45, 7) is 2.76. The first kappa shape index (κ1) is 14.1. The van der Waals surface area contributed by atoms with Crippen LogP contribution >= 0.6 is 0 Å². The lowest BCUT2D eigenvalue weighted by atomic mass is 10.1. The predicted octanol–water partition coefficient (Wildman–Crippen LogP) is 0.812. The second kappa shape index (κ2) is 5.48. The number of benzene rings is 1. The Hall–Kier alpha value is -1.88. The number of carbonyl (C=O) groups is 2. The zero-order valence-corrected chi connectivity index (χ0v) is 12.2. The first-order chi connectivity index (χ1) is 10.1. The lowest BCUT2D eigenvalue weighted by Crippen LogP contribution is -2.42. The van der Waals surface area contributed by atoms with Gasteiger partial charge in [0, 0.05) is 19.0 Å². The molecule has 0 aromatic heterocycles. The number of hydrogen-bond acceptors (Lipinski definition) is 3. The van der Waals surface area contributed by atoms with Crippen LogP contribution in [0.25, 0.3) is 0 Å². The molecule has 0 bridgehead atoms. The summed E-state index contributed by atoms with van der Waals surface area (Å²) in [5, 5.41) is 2.91. The molecule has 1 heterocycles. The third-order valence-electron chi connectivity index (χ3n) is 4.41. The van der Waals surface area contributed by atoms with Crippen LogP contribution in [0.5, 0.6) is 0 Å². The third-order valence-corrected chi connectivity index (χ3v) is 4.41. The normalized spacial score (nSPS) is 29.3. The highest BCUT2D eigenvalue weighted by Crippen LogP contribution is 2.37. The molecule has 1 aliphatic carbocycles. The first-order valence-electron chi connectivity index (χ1n) is 7.46. The Balaban J connectivity index is 1.57. The van der Waals surface area contributed by atoms with Crippen LogP contribution in [0.4, 0.5) is 0 Å². The number of nitrogens with one attached hydrogen (secondary N) is 1. The van der Waals surface area contributed by atoms with E-state index < -0.39 is 6.04 Å². The van der Waals surface area contributed by atoms with Crippen LogP contribution in [0, 0.1) is 5.92 Å². The molecule has 0 unspecified atom stereocenters. The summed E-state index contributed by atoms with van der Waals surface area (Å²) in [5.74, 6) is 0.516. The zero-order chi connectivity index (χ0) is 15.0. The molecule has 5 nitrogen and oxygen atoms in total. The summed E-state index contributed by atoms with van der Waals surface area (Å²) in [6, 6.07) is 8.85. The standard InChI is InChI=1S/C16H21N3O2/c1-10-7-13(10)19-9-12(8-14(19)20)18-16(21)15(17)11-5-3-2-4-6-11/h2-6,10,12-13,15H,7-9,17H2,1H3,(H,18,21)/t10-,12-,13+,15-/m1/s1. The van der Waals surface area contributed by atoms with Gasteiger partial charge in [0.1, 0.15) is 6.04 Å². The van der Waals surface area contributed by atoms with Gasteiger partial charge in [-0.3, -0.25) is 9.59 Å². The zero-order valence-electron chi connectivity index (χ0n) is 12.2. The number of carbonyl (C=O) groups excluding carboxylic acids is 2. The Morgan fingerprint density at radius 1 is 1.38 bits per heavy atom. The van der Waals surface area contributed by atoms with E-state index in [-0.39, 0.29) is 17.9 Å². The predicted molar refractivity (Wildman–Crippen MR) is 79.2 cm³/mol. The SMILES string of the molecule is C[C@@H]1C[C@@H]1N1C[C@H](NC(=O)[C@H](N)c2ccccc2)CC1=O. The number of likely N-dealkylation sites (tertiary alicyclic amines) is 1. The van der Waals surface area contributed by atoms with E-state index in [1.807, 2.05) is 35.2 Å². The average Bonchev–Trinajstić information content (AvgIpc) is 3.09. The molecular weight excluding hydrogens is 266 g/mol. The second-order valence-corrected chi connectivity index (χ2v) is 6.12. The van der Waals surface area contributed by atoms with E-state index in [1.165, 1.54) is 0 Å². The fourth-order valence-corrected chi connectivity index (χ4v) is 2.99. The van der Waals surface area contributed by atoms with Crippen LogP contribution in [-0.4, -0.2) is 35.3 Å². The average molecular weight is 287 g/mol. The molecule has 5 heteroatoms. The molecule has 1 aliphatic heterocycles.